The molecule has 104 valence electrons. The number of halogens is 1. The first-order valence-electron chi connectivity index (χ1n) is 6.86. The lowest BCUT2D eigenvalue weighted by molar-refractivity contribution is 0.222. The van der Waals surface area contributed by atoms with Gasteiger partial charge in [-0.2, -0.15) is 0 Å². The van der Waals surface area contributed by atoms with Gasteiger partial charge in [-0.05, 0) is 44.4 Å². The van der Waals surface area contributed by atoms with Crippen LogP contribution in [-0.2, 0) is 5.54 Å². The third kappa shape index (κ3) is 3.25. The van der Waals surface area contributed by atoms with Crippen molar-refractivity contribution < 1.29 is 9.18 Å². The van der Waals surface area contributed by atoms with Crippen molar-refractivity contribution in [2.24, 2.45) is 0 Å². The Bertz CT molecular complexity index is 436. The largest absolute Gasteiger partial charge is 0.336 e. The van der Waals surface area contributed by atoms with E-state index in [1.807, 2.05) is 13.8 Å². The van der Waals surface area contributed by atoms with Gasteiger partial charge in [-0.25, -0.2) is 9.18 Å². The van der Waals surface area contributed by atoms with E-state index in [0.717, 1.165) is 31.2 Å². The number of hydrogen-bond acceptors (Lipinski definition) is 1. The first kappa shape index (κ1) is 13.8. The van der Waals surface area contributed by atoms with E-state index in [0.29, 0.717) is 0 Å². The Morgan fingerprint density at radius 2 is 1.79 bits per heavy atom. The topological polar surface area (TPSA) is 41.1 Å². The summed E-state index contributed by atoms with van der Waals surface area (Å²) in [5.41, 5.74) is 0.650. The smallest absolute Gasteiger partial charge is 0.315 e. The number of benzene rings is 1. The maximum atomic E-state index is 13.0. The van der Waals surface area contributed by atoms with Crippen LogP contribution in [0.1, 0.15) is 45.1 Å². The number of nitrogens with one attached hydrogen (secondary N) is 2. The highest BCUT2D eigenvalue weighted by molar-refractivity contribution is 5.75. The maximum absolute atomic E-state index is 13.0. The van der Waals surface area contributed by atoms with Crippen LogP contribution in [-0.4, -0.2) is 12.1 Å². The number of urea groups is 1. The summed E-state index contributed by atoms with van der Waals surface area (Å²) in [4.78, 5) is 12.0. The molecule has 0 heterocycles. The number of amides is 2. The molecule has 0 spiro atoms. The zero-order valence-corrected chi connectivity index (χ0v) is 11.5. The molecule has 0 bridgehead atoms. The van der Waals surface area contributed by atoms with Crippen LogP contribution < -0.4 is 10.6 Å². The molecule has 1 aliphatic carbocycles. The second-order valence-electron chi connectivity index (χ2n) is 5.55. The zero-order chi connectivity index (χ0) is 13.9. The fourth-order valence-electron chi connectivity index (χ4n) is 2.75. The summed E-state index contributed by atoms with van der Waals surface area (Å²) in [6.45, 7) is 3.86. The first-order chi connectivity index (χ1) is 9.02. The van der Waals surface area contributed by atoms with Gasteiger partial charge in [-0.3, -0.25) is 0 Å². The standard InChI is InChI=1S/C15H21FN2O/c1-11(2)17-14(19)18-15(9-3-4-10-15)12-5-7-13(16)8-6-12/h5-8,11H,3-4,9-10H2,1-2H3,(H2,17,18,19). The highest BCUT2D eigenvalue weighted by atomic mass is 19.1. The molecule has 0 radical (unpaired) electrons. The van der Waals surface area contributed by atoms with Gasteiger partial charge in [-0.15, -0.1) is 0 Å². The Morgan fingerprint density at radius 1 is 1.21 bits per heavy atom. The summed E-state index contributed by atoms with van der Waals surface area (Å²) in [6.07, 6.45) is 3.98. The van der Waals surface area contributed by atoms with Crippen molar-refractivity contribution in [3.8, 4) is 0 Å². The molecule has 4 heteroatoms. The van der Waals surface area contributed by atoms with Gasteiger partial charge in [0.1, 0.15) is 5.82 Å². The van der Waals surface area contributed by atoms with E-state index in [4.69, 9.17) is 0 Å². The molecular weight excluding hydrogens is 243 g/mol. The summed E-state index contributed by atoms with van der Waals surface area (Å²) in [5.74, 6) is -0.247. The average Bonchev–Trinajstić information content (AvgIpc) is 2.78. The Morgan fingerprint density at radius 3 is 2.32 bits per heavy atom. The molecule has 2 N–H and O–H groups in total. The van der Waals surface area contributed by atoms with Gasteiger partial charge in [0.15, 0.2) is 0 Å². The second-order valence-corrected chi connectivity index (χ2v) is 5.55. The summed E-state index contributed by atoms with van der Waals surface area (Å²) >= 11 is 0. The van der Waals surface area contributed by atoms with E-state index >= 15 is 0 Å². The molecular formula is C15H21FN2O. The van der Waals surface area contributed by atoms with Crippen LogP contribution in [0.3, 0.4) is 0 Å². The minimum absolute atomic E-state index is 0.103. The Labute approximate surface area is 113 Å². The predicted molar refractivity (Wildman–Crippen MR) is 73.3 cm³/mol. The molecule has 1 aromatic rings. The van der Waals surface area contributed by atoms with Crippen LogP contribution in [0.2, 0.25) is 0 Å². The number of carbonyl (C=O) groups excluding carboxylic acids is 1. The van der Waals surface area contributed by atoms with Crippen LogP contribution >= 0.6 is 0 Å². The van der Waals surface area contributed by atoms with E-state index in [-0.39, 0.29) is 23.4 Å². The van der Waals surface area contributed by atoms with Crippen molar-refractivity contribution >= 4 is 6.03 Å². The lowest BCUT2D eigenvalue weighted by atomic mass is 9.88. The monoisotopic (exact) mass is 264 g/mol. The number of carbonyl (C=O) groups is 1. The predicted octanol–water partition coefficient (Wildman–Crippen LogP) is 3.30. The zero-order valence-electron chi connectivity index (χ0n) is 11.5. The van der Waals surface area contributed by atoms with Crippen molar-refractivity contribution in [2.45, 2.75) is 51.1 Å². The fourth-order valence-corrected chi connectivity index (χ4v) is 2.75. The molecule has 2 rings (SSSR count). The van der Waals surface area contributed by atoms with Gasteiger partial charge in [0.2, 0.25) is 0 Å². The van der Waals surface area contributed by atoms with Crippen molar-refractivity contribution in [3.63, 3.8) is 0 Å². The van der Waals surface area contributed by atoms with Gasteiger partial charge in [0.05, 0.1) is 5.54 Å². The third-order valence-electron chi connectivity index (χ3n) is 3.63. The summed E-state index contributed by atoms with van der Waals surface area (Å²) < 4.78 is 13.0. The van der Waals surface area contributed by atoms with Crippen LogP contribution in [0.4, 0.5) is 9.18 Å². The van der Waals surface area contributed by atoms with Gasteiger partial charge in [0.25, 0.3) is 0 Å². The van der Waals surface area contributed by atoms with E-state index in [2.05, 4.69) is 10.6 Å². The fraction of sp³-hybridized carbons (Fsp3) is 0.533. The van der Waals surface area contributed by atoms with Gasteiger partial charge < -0.3 is 10.6 Å². The SMILES string of the molecule is CC(C)NC(=O)NC1(c2ccc(F)cc2)CCCC1. The van der Waals surface area contributed by atoms with Crippen molar-refractivity contribution in [1.29, 1.82) is 0 Å². The van der Waals surface area contributed by atoms with Crippen molar-refractivity contribution in [1.82, 2.24) is 10.6 Å². The summed E-state index contributed by atoms with van der Waals surface area (Å²) in [5, 5.41) is 5.94. The van der Waals surface area contributed by atoms with Gasteiger partial charge >= 0.3 is 6.03 Å². The van der Waals surface area contributed by atoms with E-state index in [1.165, 1.54) is 12.1 Å². The van der Waals surface area contributed by atoms with Crippen molar-refractivity contribution in [3.05, 3.63) is 35.6 Å². The van der Waals surface area contributed by atoms with Crippen LogP contribution in [0, 0.1) is 5.82 Å². The molecule has 3 nitrogen and oxygen atoms in total. The minimum atomic E-state index is -0.341. The highest BCUT2D eigenvalue weighted by Crippen LogP contribution is 2.38. The average molecular weight is 264 g/mol. The van der Waals surface area contributed by atoms with E-state index in [9.17, 15) is 9.18 Å². The molecule has 0 saturated heterocycles. The molecule has 1 saturated carbocycles. The summed E-state index contributed by atoms with van der Waals surface area (Å²) in [6, 6.07) is 6.41. The first-order valence-corrected chi connectivity index (χ1v) is 6.86. The van der Waals surface area contributed by atoms with E-state index in [1.54, 1.807) is 12.1 Å². The lowest BCUT2D eigenvalue weighted by Gasteiger charge is -2.31. The molecule has 1 aliphatic rings. The molecule has 0 aromatic heterocycles. The molecule has 0 aliphatic heterocycles. The van der Waals surface area contributed by atoms with Crippen LogP contribution in [0.25, 0.3) is 0 Å². The van der Waals surface area contributed by atoms with E-state index < -0.39 is 0 Å². The van der Waals surface area contributed by atoms with Gasteiger partial charge in [0, 0.05) is 6.04 Å². The molecule has 1 aromatic carbocycles. The molecule has 19 heavy (non-hydrogen) atoms. The summed E-state index contributed by atoms with van der Waals surface area (Å²) in [7, 11) is 0. The second kappa shape index (κ2) is 5.59. The Kier molecular flexibility index (Phi) is 4.08. The Hall–Kier alpha value is -1.58. The lowest BCUT2D eigenvalue weighted by Crippen LogP contribution is -2.50. The molecule has 1 fully saturated rings. The Balaban J connectivity index is 2.18. The number of rotatable bonds is 3. The quantitative estimate of drug-likeness (QED) is 0.864. The highest BCUT2D eigenvalue weighted by Gasteiger charge is 2.37. The molecule has 2 amide bonds. The maximum Gasteiger partial charge on any atom is 0.315 e. The molecule has 0 unspecified atom stereocenters. The molecule has 0 atom stereocenters. The normalized spacial score (nSPS) is 17.5. The number of hydrogen-bond donors (Lipinski definition) is 2. The van der Waals surface area contributed by atoms with Crippen LogP contribution in [0.15, 0.2) is 24.3 Å². The van der Waals surface area contributed by atoms with Crippen molar-refractivity contribution in [2.75, 3.05) is 0 Å². The van der Waals surface area contributed by atoms with Gasteiger partial charge in [-0.1, -0.05) is 25.0 Å². The van der Waals surface area contributed by atoms with Crippen LogP contribution in [0.5, 0.6) is 0 Å². The third-order valence-corrected chi connectivity index (χ3v) is 3.63. The minimum Gasteiger partial charge on any atom is -0.336 e.